The fourth-order valence-corrected chi connectivity index (χ4v) is 2.18. The van der Waals surface area contributed by atoms with Gasteiger partial charge in [0.2, 0.25) is 0 Å². The van der Waals surface area contributed by atoms with Crippen molar-refractivity contribution in [2.45, 2.75) is 24.6 Å². The molecule has 3 heterocycles. The third-order valence-corrected chi connectivity index (χ3v) is 3.19. The van der Waals surface area contributed by atoms with E-state index in [1.165, 1.54) is 17.2 Å². The van der Waals surface area contributed by atoms with Crippen LogP contribution >= 0.6 is 0 Å². The Labute approximate surface area is 107 Å². The molecule has 0 aliphatic carbocycles. The molecular weight excluding hydrogens is 255 g/mol. The van der Waals surface area contributed by atoms with Gasteiger partial charge in [0.1, 0.15) is 24.1 Å². The highest BCUT2D eigenvalue weighted by Gasteiger charge is 2.45. The Kier molecular flexibility index (Phi) is 2.81. The van der Waals surface area contributed by atoms with E-state index in [0.29, 0.717) is 11.2 Å². The van der Waals surface area contributed by atoms with E-state index in [2.05, 4.69) is 15.0 Å². The Morgan fingerprint density at radius 3 is 2.89 bits per heavy atom. The zero-order chi connectivity index (χ0) is 13.6. The maximum atomic E-state index is 14.1. The lowest BCUT2D eigenvalue weighted by Gasteiger charge is -2.14. The SMILES string of the molecule is NC[C@H]1O[C@@H](n2cnc3c(N)ncnc32)C(F)C1O. The van der Waals surface area contributed by atoms with Crippen LogP contribution in [0.2, 0.25) is 0 Å². The summed E-state index contributed by atoms with van der Waals surface area (Å²) < 4.78 is 20.8. The molecule has 8 nitrogen and oxygen atoms in total. The minimum Gasteiger partial charge on any atom is -0.387 e. The first-order valence-corrected chi connectivity index (χ1v) is 5.74. The second kappa shape index (κ2) is 4.37. The second-order valence-electron chi connectivity index (χ2n) is 4.32. The van der Waals surface area contributed by atoms with Crippen LogP contribution in [0.1, 0.15) is 6.23 Å². The largest absolute Gasteiger partial charge is 0.387 e. The molecule has 2 aromatic heterocycles. The Hall–Kier alpha value is -1.84. The van der Waals surface area contributed by atoms with Gasteiger partial charge < -0.3 is 21.3 Å². The van der Waals surface area contributed by atoms with Crippen LogP contribution in [-0.2, 0) is 4.74 Å². The molecule has 1 aliphatic rings. The molecule has 1 fully saturated rings. The fourth-order valence-electron chi connectivity index (χ4n) is 2.18. The Morgan fingerprint density at radius 1 is 1.42 bits per heavy atom. The molecule has 9 heteroatoms. The molecule has 3 rings (SSSR count). The van der Waals surface area contributed by atoms with Crippen LogP contribution in [0.5, 0.6) is 0 Å². The van der Waals surface area contributed by atoms with Crippen LogP contribution < -0.4 is 11.5 Å². The van der Waals surface area contributed by atoms with Crippen LogP contribution in [-0.4, -0.2) is 49.5 Å². The predicted octanol–water partition coefficient (Wildman–Crippen LogP) is -1.04. The van der Waals surface area contributed by atoms with E-state index in [4.69, 9.17) is 16.2 Å². The van der Waals surface area contributed by atoms with Crippen molar-refractivity contribution in [2.24, 2.45) is 5.73 Å². The summed E-state index contributed by atoms with van der Waals surface area (Å²) in [6.45, 7) is 0.0296. The first-order valence-electron chi connectivity index (χ1n) is 5.74. The van der Waals surface area contributed by atoms with Gasteiger partial charge in [0.25, 0.3) is 0 Å². The maximum absolute atomic E-state index is 14.1. The number of hydrogen-bond acceptors (Lipinski definition) is 7. The minimum atomic E-state index is -1.61. The van der Waals surface area contributed by atoms with Gasteiger partial charge >= 0.3 is 0 Å². The molecule has 0 amide bonds. The molecule has 2 unspecified atom stereocenters. The average Bonchev–Trinajstić information content (AvgIpc) is 2.94. The van der Waals surface area contributed by atoms with E-state index >= 15 is 0 Å². The molecule has 19 heavy (non-hydrogen) atoms. The number of nitrogens with two attached hydrogens (primary N) is 2. The smallest absolute Gasteiger partial charge is 0.173 e. The number of nitrogens with zero attached hydrogens (tertiary/aromatic N) is 4. The molecule has 0 saturated carbocycles. The number of aliphatic hydroxyl groups excluding tert-OH is 1. The van der Waals surface area contributed by atoms with Crippen molar-refractivity contribution < 1.29 is 14.2 Å². The molecule has 5 N–H and O–H groups in total. The van der Waals surface area contributed by atoms with Gasteiger partial charge in [-0.25, -0.2) is 19.3 Å². The van der Waals surface area contributed by atoms with Gasteiger partial charge in [-0.05, 0) is 0 Å². The van der Waals surface area contributed by atoms with E-state index < -0.39 is 24.6 Å². The van der Waals surface area contributed by atoms with E-state index in [0.717, 1.165) is 0 Å². The number of imidazole rings is 1. The third kappa shape index (κ3) is 1.74. The summed E-state index contributed by atoms with van der Waals surface area (Å²) in [6, 6.07) is 0. The van der Waals surface area contributed by atoms with Crippen LogP contribution in [0, 0.1) is 0 Å². The van der Waals surface area contributed by atoms with E-state index in [-0.39, 0.29) is 12.4 Å². The molecule has 0 radical (unpaired) electrons. The number of ether oxygens (including phenoxy) is 1. The molecule has 1 aliphatic heterocycles. The van der Waals surface area contributed by atoms with Crippen molar-refractivity contribution in [1.29, 1.82) is 0 Å². The molecule has 102 valence electrons. The predicted molar refractivity (Wildman–Crippen MR) is 63.6 cm³/mol. The van der Waals surface area contributed by atoms with Crippen molar-refractivity contribution in [3.05, 3.63) is 12.7 Å². The number of nitrogen functional groups attached to an aromatic ring is 1. The average molecular weight is 268 g/mol. The quantitative estimate of drug-likeness (QED) is 0.635. The Morgan fingerprint density at radius 2 is 2.21 bits per heavy atom. The summed E-state index contributed by atoms with van der Waals surface area (Å²) in [5.74, 6) is 0.202. The second-order valence-corrected chi connectivity index (χ2v) is 4.32. The molecular formula is C10H13FN6O2. The van der Waals surface area contributed by atoms with Crippen molar-refractivity contribution >= 4 is 17.0 Å². The fraction of sp³-hybridized carbons (Fsp3) is 0.500. The van der Waals surface area contributed by atoms with Gasteiger partial charge in [-0.1, -0.05) is 0 Å². The number of hydrogen-bond donors (Lipinski definition) is 3. The van der Waals surface area contributed by atoms with Gasteiger partial charge in [-0.2, -0.15) is 0 Å². The number of fused-ring (bicyclic) bond motifs is 1. The van der Waals surface area contributed by atoms with Gasteiger partial charge in [-0.3, -0.25) is 4.57 Å². The number of alkyl halides is 1. The minimum absolute atomic E-state index is 0.0296. The van der Waals surface area contributed by atoms with Crippen molar-refractivity contribution in [3.8, 4) is 0 Å². The highest BCUT2D eigenvalue weighted by atomic mass is 19.1. The van der Waals surface area contributed by atoms with Gasteiger partial charge in [0.15, 0.2) is 23.9 Å². The number of halogens is 1. The summed E-state index contributed by atoms with van der Waals surface area (Å²) >= 11 is 0. The normalized spacial score (nSPS) is 31.1. The Balaban J connectivity index is 2.04. The van der Waals surface area contributed by atoms with E-state index in [1.807, 2.05) is 0 Å². The van der Waals surface area contributed by atoms with Crippen LogP contribution in [0.15, 0.2) is 12.7 Å². The zero-order valence-electron chi connectivity index (χ0n) is 9.85. The van der Waals surface area contributed by atoms with E-state index in [1.54, 1.807) is 0 Å². The van der Waals surface area contributed by atoms with Crippen molar-refractivity contribution in [2.75, 3.05) is 12.3 Å². The zero-order valence-corrected chi connectivity index (χ0v) is 9.85. The Bertz CT molecular complexity index is 605. The maximum Gasteiger partial charge on any atom is 0.173 e. The first kappa shape index (κ1) is 12.2. The number of aliphatic hydroxyl groups is 1. The summed E-state index contributed by atoms with van der Waals surface area (Å²) in [6.07, 6.45) is -2.04. The molecule has 1 saturated heterocycles. The van der Waals surface area contributed by atoms with Crippen LogP contribution in [0.4, 0.5) is 10.2 Å². The molecule has 0 spiro atoms. The van der Waals surface area contributed by atoms with Gasteiger partial charge in [0, 0.05) is 6.54 Å². The lowest BCUT2D eigenvalue weighted by atomic mass is 10.1. The molecule has 2 aromatic rings. The highest BCUT2D eigenvalue weighted by molar-refractivity contribution is 5.81. The number of anilines is 1. The lowest BCUT2D eigenvalue weighted by molar-refractivity contribution is -0.0180. The third-order valence-electron chi connectivity index (χ3n) is 3.19. The number of rotatable bonds is 2. The molecule has 4 atom stereocenters. The molecule has 0 aromatic carbocycles. The van der Waals surface area contributed by atoms with Crippen LogP contribution in [0.25, 0.3) is 11.2 Å². The van der Waals surface area contributed by atoms with E-state index in [9.17, 15) is 9.50 Å². The summed E-state index contributed by atoms with van der Waals surface area (Å²) in [5.41, 5.74) is 11.8. The van der Waals surface area contributed by atoms with Crippen molar-refractivity contribution in [3.63, 3.8) is 0 Å². The highest BCUT2D eigenvalue weighted by Crippen LogP contribution is 2.33. The summed E-state index contributed by atoms with van der Waals surface area (Å²) in [5, 5.41) is 9.68. The van der Waals surface area contributed by atoms with Gasteiger partial charge in [0.05, 0.1) is 6.33 Å². The van der Waals surface area contributed by atoms with Crippen LogP contribution in [0.3, 0.4) is 0 Å². The standard InChI is InChI=1S/C10H13FN6O2/c11-5-7(18)4(1-12)19-10(5)17-3-16-6-8(13)14-2-15-9(6)17/h2-5,7,10,18H,1,12H2,(H2,13,14,15)/t4-,5?,7?,10-/m1/s1. The number of aromatic nitrogens is 4. The van der Waals surface area contributed by atoms with Crippen molar-refractivity contribution in [1.82, 2.24) is 19.5 Å². The first-order chi connectivity index (χ1) is 9.13. The monoisotopic (exact) mass is 268 g/mol. The summed E-state index contributed by atoms with van der Waals surface area (Å²) in [4.78, 5) is 11.8. The topological polar surface area (TPSA) is 125 Å². The molecule has 0 bridgehead atoms. The van der Waals surface area contributed by atoms with Gasteiger partial charge in [-0.15, -0.1) is 0 Å². The summed E-state index contributed by atoms with van der Waals surface area (Å²) in [7, 11) is 0. The lowest BCUT2D eigenvalue weighted by Crippen LogP contribution is -2.33.